The van der Waals surface area contributed by atoms with Gasteiger partial charge >= 0.3 is 34.4 Å². The SMILES string of the molecule is [Tl+].c1ccc(C(c2ccccc2)c2ccn([BH-](n3ccc(C(c4ccccc4)c4ccccc4)n3)n3ccc(C(c4ccccc4)c4ccccc4)n3)n2)cc1. The first-order valence-corrected chi connectivity index (χ1v) is 18.9. The van der Waals surface area contributed by atoms with Crippen LogP contribution in [0, 0.1) is 0 Å². The van der Waals surface area contributed by atoms with E-state index in [1.54, 1.807) is 0 Å². The minimum absolute atomic E-state index is 0. The molecule has 0 unspecified atom stereocenters. The van der Waals surface area contributed by atoms with Crippen LogP contribution in [0.2, 0.25) is 0 Å². The maximum absolute atomic E-state index is 5.39. The fourth-order valence-electron chi connectivity index (χ4n) is 7.99. The molecule has 56 heavy (non-hydrogen) atoms. The summed E-state index contributed by atoms with van der Waals surface area (Å²) in [6, 6.07) is 70.1. The van der Waals surface area contributed by atoms with Gasteiger partial charge in [-0.1, -0.05) is 182 Å². The molecule has 9 aromatic rings. The Hall–Kier alpha value is -6.06. The molecule has 3 aromatic heterocycles. The molecule has 0 aliphatic carbocycles. The van der Waals surface area contributed by atoms with E-state index >= 15 is 0 Å². The molecule has 0 aliphatic heterocycles. The molecular formula is C48H40BN6Tl. The van der Waals surface area contributed by atoms with Crippen molar-refractivity contribution in [3.8, 4) is 0 Å². The minimum atomic E-state index is -1.72. The molecule has 0 saturated heterocycles. The molecule has 6 nitrogen and oxygen atoms in total. The van der Waals surface area contributed by atoms with E-state index in [4.69, 9.17) is 15.3 Å². The van der Waals surface area contributed by atoms with Gasteiger partial charge in [0, 0.05) is 0 Å². The summed E-state index contributed by atoms with van der Waals surface area (Å²) < 4.78 is 6.21. The maximum Gasteiger partial charge on any atom is 1.00 e. The van der Waals surface area contributed by atoms with Crippen LogP contribution in [0.3, 0.4) is 0 Å². The molecule has 0 radical (unpaired) electrons. The van der Waals surface area contributed by atoms with Crippen molar-refractivity contribution in [1.82, 2.24) is 29.1 Å². The zero-order valence-corrected chi connectivity index (χ0v) is 35.5. The van der Waals surface area contributed by atoms with Crippen LogP contribution in [-0.4, -0.2) is 63.5 Å². The molecule has 0 fully saturated rings. The van der Waals surface area contributed by atoms with Gasteiger partial charge in [-0.2, -0.15) is 0 Å². The summed E-state index contributed by atoms with van der Waals surface area (Å²) in [7, 11) is -1.72. The second-order valence-electron chi connectivity index (χ2n) is 14.0. The van der Waals surface area contributed by atoms with Crippen molar-refractivity contribution >= 4 is 34.4 Å². The quantitative estimate of drug-likeness (QED) is 0.115. The minimum Gasteiger partial charge on any atom is -0.402 e. The summed E-state index contributed by atoms with van der Waals surface area (Å²) in [5, 5.41) is 16.2. The number of hydrogen-bond acceptors (Lipinski definition) is 3. The van der Waals surface area contributed by atoms with Crippen molar-refractivity contribution in [2.75, 3.05) is 0 Å². The molecule has 8 heteroatoms. The number of aromatic nitrogens is 6. The van der Waals surface area contributed by atoms with Crippen LogP contribution in [0.25, 0.3) is 0 Å². The molecule has 0 spiro atoms. The topological polar surface area (TPSA) is 53.5 Å². The average molecular weight is 916 g/mol. The molecule has 0 amide bonds. The van der Waals surface area contributed by atoms with Gasteiger partial charge in [-0.3, -0.25) is 0 Å². The van der Waals surface area contributed by atoms with E-state index in [-0.39, 0.29) is 45.1 Å². The first-order valence-electron chi connectivity index (χ1n) is 18.9. The molecule has 0 bridgehead atoms. The molecular weight excluding hydrogens is 876 g/mol. The number of nitrogens with zero attached hydrogens (tertiary/aromatic N) is 6. The van der Waals surface area contributed by atoms with E-state index in [9.17, 15) is 0 Å². The van der Waals surface area contributed by atoms with E-state index < -0.39 is 7.12 Å². The van der Waals surface area contributed by atoms with Crippen molar-refractivity contribution in [3.05, 3.63) is 269 Å². The second-order valence-corrected chi connectivity index (χ2v) is 14.0. The zero-order chi connectivity index (χ0) is 36.8. The standard InChI is InChI=1S/C48H40BN6.Tl/c1-7-19-37(20-8-1)46(38-21-9-2-10-22-38)43-31-34-53(50-43)49(54-35-32-44(51-54)47(39-23-11-3-12-24-39)40-25-13-4-14-26-40)55-36-33-45(52-55)48(41-27-15-5-16-28-41)42-29-17-6-18-30-42;/h1-36,46-49H;/q-1;+1. The summed E-state index contributed by atoms with van der Waals surface area (Å²) in [5.74, 6) is -0.108. The predicted octanol–water partition coefficient (Wildman–Crippen LogP) is 9.10. The van der Waals surface area contributed by atoms with E-state index in [2.05, 4.69) is 233 Å². The van der Waals surface area contributed by atoms with Crippen molar-refractivity contribution < 1.29 is 0 Å². The van der Waals surface area contributed by atoms with Crippen LogP contribution in [0.15, 0.2) is 219 Å². The first kappa shape index (κ1) is 36.9. The van der Waals surface area contributed by atoms with Crippen LogP contribution in [0.5, 0.6) is 0 Å². The smallest absolute Gasteiger partial charge is 0.402 e. The predicted molar refractivity (Wildman–Crippen MR) is 227 cm³/mol. The van der Waals surface area contributed by atoms with Crippen molar-refractivity contribution in [1.29, 1.82) is 0 Å². The van der Waals surface area contributed by atoms with Gasteiger partial charge < -0.3 is 13.8 Å². The van der Waals surface area contributed by atoms with Gasteiger partial charge in [0.1, 0.15) is 0 Å². The average Bonchev–Trinajstić information content (AvgIpc) is 4.05. The van der Waals surface area contributed by atoms with Crippen molar-refractivity contribution in [2.24, 2.45) is 0 Å². The van der Waals surface area contributed by atoms with E-state index in [1.165, 1.54) is 33.4 Å². The van der Waals surface area contributed by atoms with Gasteiger partial charge in [0.15, 0.2) is 0 Å². The third kappa shape index (κ3) is 7.72. The summed E-state index contributed by atoms with van der Waals surface area (Å²) in [6.45, 7) is 0. The number of rotatable bonds is 12. The molecule has 0 atom stereocenters. The second kappa shape index (κ2) is 17.2. The Kier molecular flexibility index (Phi) is 11.3. The summed E-state index contributed by atoms with van der Waals surface area (Å²) >= 11 is 0. The molecule has 9 rings (SSSR count). The van der Waals surface area contributed by atoms with Gasteiger partial charge in [0.2, 0.25) is 0 Å². The van der Waals surface area contributed by atoms with Gasteiger partial charge in [0.25, 0.3) is 0 Å². The van der Waals surface area contributed by atoms with Gasteiger partial charge in [-0.25, -0.2) is 15.3 Å². The largest absolute Gasteiger partial charge is 1.00 e. The molecule has 0 saturated carbocycles. The Balaban J connectivity index is 0.00000441. The summed E-state index contributed by atoms with van der Waals surface area (Å²) in [4.78, 5) is 0. The Morgan fingerprint density at radius 1 is 0.286 bits per heavy atom. The molecule has 3 heterocycles. The number of hydrogen-bond donors (Lipinski definition) is 0. The maximum atomic E-state index is 5.39. The monoisotopic (exact) mass is 916 g/mol. The first-order chi connectivity index (χ1) is 27.3. The molecule has 6 aromatic carbocycles. The Labute approximate surface area is 348 Å². The van der Waals surface area contributed by atoms with Crippen LogP contribution < -0.4 is 0 Å². The van der Waals surface area contributed by atoms with Crippen LogP contribution in [0.1, 0.15) is 68.2 Å². The fraction of sp³-hybridized carbons (Fsp3) is 0.0625. The van der Waals surface area contributed by atoms with Crippen molar-refractivity contribution in [2.45, 2.75) is 17.8 Å². The van der Waals surface area contributed by atoms with Crippen LogP contribution in [-0.2, 0) is 0 Å². The van der Waals surface area contributed by atoms with Crippen LogP contribution >= 0.6 is 0 Å². The number of benzene rings is 6. The zero-order valence-electron chi connectivity index (χ0n) is 31.0. The van der Waals surface area contributed by atoms with E-state index in [1.807, 2.05) is 0 Å². The van der Waals surface area contributed by atoms with Crippen LogP contribution in [0.4, 0.5) is 0 Å². The third-order valence-electron chi connectivity index (χ3n) is 10.5. The van der Waals surface area contributed by atoms with Gasteiger partial charge in [-0.15, -0.1) is 0 Å². The Morgan fingerprint density at radius 3 is 0.679 bits per heavy atom. The van der Waals surface area contributed by atoms with Gasteiger partial charge in [-0.05, 0) is 70.2 Å². The third-order valence-corrected chi connectivity index (χ3v) is 10.5. The van der Waals surface area contributed by atoms with Gasteiger partial charge in [0.05, 0.1) is 34.8 Å². The summed E-state index contributed by atoms with van der Waals surface area (Å²) in [5.41, 5.74) is 10.0. The van der Waals surface area contributed by atoms with E-state index in [0.29, 0.717) is 0 Å². The summed E-state index contributed by atoms with van der Waals surface area (Å²) in [6.07, 6.45) is 6.28. The Morgan fingerprint density at radius 2 is 0.482 bits per heavy atom. The Bertz CT molecular complexity index is 2150. The molecule has 0 aliphatic rings. The van der Waals surface area contributed by atoms with Crippen molar-refractivity contribution in [3.63, 3.8) is 0 Å². The fourth-order valence-corrected chi connectivity index (χ4v) is 7.99. The molecule has 268 valence electrons. The normalized spacial score (nSPS) is 11.4. The molecule has 0 N–H and O–H groups in total. The van der Waals surface area contributed by atoms with E-state index in [0.717, 1.165) is 17.1 Å².